The third-order valence-corrected chi connectivity index (χ3v) is 4.77. The summed E-state index contributed by atoms with van der Waals surface area (Å²) in [6, 6.07) is 6.85. The molecule has 25 heavy (non-hydrogen) atoms. The second-order valence-electron chi connectivity index (χ2n) is 5.47. The lowest BCUT2D eigenvalue weighted by atomic mass is 10.1. The molecule has 0 fully saturated rings. The smallest absolute Gasteiger partial charge is 0.341 e. The number of aryl methyl sites for hydroxylation is 2. The average Bonchev–Trinajstić information content (AvgIpc) is 2.86. The van der Waals surface area contributed by atoms with Crippen LogP contribution in [0.1, 0.15) is 36.7 Å². The number of hydrogen-bond donors (Lipinski definition) is 1. The molecule has 132 valence electrons. The van der Waals surface area contributed by atoms with Gasteiger partial charge in [0.25, 0.3) is 5.91 Å². The van der Waals surface area contributed by atoms with E-state index in [0.29, 0.717) is 16.1 Å². The number of nitrogens with one attached hydrogen (secondary N) is 1. The number of thiophene rings is 1. The van der Waals surface area contributed by atoms with Crippen molar-refractivity contribution in [1.29, 1.82) is 0 Å². The number of rotatable bonds is 5. The number of ether oxygens (including phenoxy) is 2. The van der Waals surface area contributed by atoms with Crippen LogP contribution >= 0.6 is 11.3 Å². The second-order valence-corrected chi connectivity index (χ2v) is 6.69. The van der Waals surface area contributed by atoms with E-state index in [2.05, 4.69) is 5.32 Å². The molecule has 1 amide bonds. The Bertz CT molecular complexity index is 808. The zero-order chi connectivity index (χ0) is 18.6. The van der Waals surface area contributed by atoms with E-state index in [-0.39, 0.29) is 0 Å². The first-order chi connectivity index (χ1) is 11.8. The van der Waals surface area contributed by atoms with Crippen LogP contribution in [0.3, 0.4) is 0 Å². The average molecular weight is 361 g/mol. The van der Waals surface area contributed by atoms with E-state index in [0.717, 1.165) is 16.0 Å². The standard InChI is InChI=1S/C18H19NO5S/c1-10-5-7-13(8-6-10)17(21)24-9-14(20)19-16-15(18(22)23-4)11(2)12(3)25-16/h5-8H,9H2,1-4H3,(H,19,20). The molecule has 7 heteroatoms. The third-order valence-electron chi connectivity index (χ3n) is 3.65. The van der Waals surface area contributed by atoms with E-state index in [9.17, 15) is 14.4 Å². The van der Waals surface area contributed by atoms with Crippen LogP contribution < -0.4 is 5.32 Å². The van der Waals surface area contributed by atoms with Crippen molar-refractivity contribution in [3.8, 4) is 0 Å². The molecule has 0 unspecified atom stereocenters. The lowest BCUT2D eigenvalue weighted by molar-refractivity contribution is -0.119. The van der Waals surface area contributed by atoms with Gasteiger partial charge in [0.2, 0.25) is 0 Å². The summed E-state index contributed by atoms with van der Waals surface area (Å²) in [5.41, 5.74) is 2.47. The van der Waals surface area contributed by atoms with Crippen LogP contribution in [-0.2, 0) is 14.3 Å². The Balaban J connectivity index is 2.01. The van der Waals surface area contributed by atoms with Crippen molar-refractivity contribution in [3.63, 3.8) is 0 Å². The third kappa shape index (κ3) is 4.45. The first-order valence-electron chi connectivity index (χ1n) is 7.55. The molecular weight excluding hydrogens is 342 g/mol. The molecule has 0 radical (unpaired) electrons. The van der Waals surface area contributed by atoms with Gasteiger partial charge < -0.3 is 14.8 Å². The van der Waals surface area contributed by atoms with E-state index in [4.69, 9.17) is 9.47 Å². The van der Waals surface area contributed by atoms with E-state index in [1.165, 1.54) is 18.4 Å². The van der Waals surface area contributed by atoms with Crippen molar-refractivity contribution in [2.45, 2.75) is 20.8 Å². The van der Waals surface area contributed by atoms with Gasteiger partial charge in [-0.05, 0) is 38.5 Å². The van der Waals surface area contributed by atoms with Gasteiger partial charge in [-0.15, -0.1) is 11.3 Å². The summed E-state index contributed by atoms with van der Waals surface area (Å²) >= 11 is 1.27. The predicted octanol–water partition coefficient (Wildman–Crippen LogP) is 3.26. The Morgan fingerprint density at radius 2 is 1.68 bits per heavy atom. The van der Waals surface area contributed by atoms with Gasteiger partial charge in [-0.2, -0.15) is 0 Å². The van der Waals surface area contributed by atoms with Crippen LogP contribution in [0.2, 0.25) is 0 Å². The maximum absolute atomic E-state index is 12.1. The van der Waals surface area contributed by atoms with Crippen molar-refractivity contribution in [1.82, 2.24) is 0 Å². The van der Waals surface area contributed by atoms with Crippen molar-refractivity contribution in [3.05, 3.63) is 51.4 Å². The van der Waals surface area contributed by atoms with Crippen molar-refractivity contribution in [2.24, 2.45) is 0 Å². The van der Waals surface area contributed by atoms with Gasteiger partial charge in [-0.25, -0.2) is 9.59 Å². The van der Waals surface area contributed by atoms with Gasteiger partial charge >= 0.3 is 11.9 Å². The molecule has 0 aliphatic heterocycles. The highest BCUT2D eigenvalue weighted by atomic mass is 32.1. The fraction of sp³-hybridized carbons (Fsp3) is 0.278. The van der Waals surface area contributed by atoms with Crippen molar-refractivity contribution in [2.75, 3.05) is 19.0 Å². The molecule has 0 bridgehead atoms. The summed E-state index contributed by atoms with van der Waals surface area (Å²) in [5.74, 6) is -1.62. The summed E-state index contributed by atoms with van der Waals surface area (Å²) in [7, 11) is 1.28. The molecule has 1 aromatic carbocycles. The number of hydrogen-bond acceptors (Lipinski definition) is 6. The SMILES string of the molecule is COC(=O)c1c(NC(=O)COC(=O)c2ccc(C)cc2)sc(C)c1C. The minimum Gasteiger partial charge on any atom is -0.465 e. The predicted molar refractivity (Wildman–Crippen MR) is 95.2 cm³/mol. The first kappa shape index (κ1) is 18.7. The number of carbonyl (C=O) groups excluding carboxylic acids is 3. The van der Waals surface area contributed by atoms with Crippen LogP contribution in [-0.4, -0.2) is 31.6 Å². The number of methoxy groups -OCH3 is 1. The Labute approximate surface area is 149 Å². The molecule has 1 N–H and O–H groups in total. The molecule has 0 aliphatic carbocycles. The summed E-state index contributed by atoms with van der Waals surface area (Å²) in [4.78, 5) is 36.7. The number of anilines is 1. The Morgan fingerprint density at radius 3 is 2.28 bits per heavy atom. The fourth-order valence-electron chi connectivity index (χ4n) is 2.13. The molecule has 0 atom stereocenters. The van der Waals surface area contributed by atoms with Crippen LogP contribution in [0, 0.1) is 20.8 Å². The van der Waals surface area contributed by atoms with E-state index >= 15 is 0 Å². The minimum atomic E-state index is -0.582. The molecule has 1 heterocycles. The molecule has 2 aromatic rings. The topological polar surface area (TPSA) is 81.7 Å². The minimum absolute atomic E-state index is 0.322. The monoisotopic (exact) mass is 361 g/mol. The Morgan fingerprint density at radius 1 is 1.04 bits per heavy atom. The molecule has 2 rings (SSSR count). The van der Waals surface area contributed by atoms with Crippen LogP contribution in [0.5, 0.6) is 0 Å². The molecule has 6 nitrogen and oxygen atoms in total. The van der Waals surface area contributed by atoms with Gasteiger partial charge in [-0.3, -0.25) is 4.79 Å². The van der Waals surface area contributed by atoms with E-state index < -0.39 is 24.5 Å². The fourth-order valence-corrected chi connectivity index (χ4v) is 3.19. The molecule has 0 aliphatic rings. The zero-order valence-corrected chi connectivity index (χ0v) is 15.3. The molecular formula is C18H19NO5S. The van der Waals surface area contributed by atoms with Gasteiger partial charge in [0.1, 0.15) is 5.00 Å². The van der Waals surface area contributed by atoms with Crippen LogP contribution in [0.15, 0.2) is 24.3 Å². The largest absolute Gasteiger partial charge is 0.465 e. The first-order valence-corrected chi connectivity index (χ1v) is 8.37. The molecule has 0 spiro atoms. The summed E-state index contributed by atoms with van der Waals surface area (Å²) in [5, 5.41) is 2.99. The van der Waals surface area contributed by atoms with Crippen molar-refractivity contribution >= 4 is 34.2 Å². The number of benzene rings is 1. The van der Waals surface area contributed by atoms with Gasteiger partial charge in [-0.1, -0.05) is 17.7 Å². The number of amides is 1. The maximum Gasteiger partial charge on any atom is 0.341 e. The normalized spacial score (nSPS) is 10.2. The summed E-state index contributed by atoms with van der Waals surface area (Å²) < 4.78 is 9.75. The lowest BCUT2D eigenvalue weighted by Crippen LogP contribution is -2.21. The maximum atomic E-state index is 12.1. The highest BCUT2D eigenvalue weighted by Crippen LogP contribution is 2.32. The van der Waals surface area contributed by atoms with Gasteiger partial charge in [0.15, 0.2) is 6.61 Å². The van der Waals surface area contributed by atoms with Crippen molar-refractivity contribution < 1.29 is 23.9 Å². The van der Waals surface area contributed by atoms with Gasteiger partial charge in [0, 0.05) is 4.88 Å². The number of carbonyl (C=O) groups is 3. The zero-order valence-electron chi connectivity index (χ0n) is 14.5. The van der Waals surface area contributed by atoms with E-state index in [1.54, 1.807) is 31.2 Å². The quantitative estimate of drug-likeness (QED) is 0.827. The second kappa shape index (κ2) is 7.94. The summed E-state index contributed by atoms with van der Waals surface area (Å²) in [6.45, 7) is 5.10. The van der Waals surface area contributed by atoms with Crippen LogP contribution in [0.4, 0.5) is 5.00 Å². The molecule has 0 saturated heterocycles. The summed E-state index contributed by atoms with van der Waals surface area (Å²) in [6.07, 6.45) is 0. The van der Waals surface area contributed by atoms with Crippen LogP contribution in [0.25, 0.3) is 0 Å². The Kier molecular flexibility index (Phi) is 5.93. The lowest BCUT2D eigenvalue weighted by Gasteiger charge is -2.07. The highest BCUT2D eigenvalue weighted by Gasteiger charge is 2.22. The van der Waals surface area contributed by atoms with E-state index in [1.807, 2.05) is 13.8 Å². The highest BCUT2D eigenvalue weighted by molar-refractivity contribution is 7.16. The molecule has 0 saturated carbocycles. The number of esters is 2. The Hall–Kier alpha value is -2.67. The van der Waals surface area contributed by atoms with Gasteiger partial charge in [0.05, 0.1) is 18.2 Å². The molecule has 1 aromatic heterocycles.